The highest BCUT2D eigenvalue weighted by Crippen LogP contribution is 2.12. The van der Waals surface area contributed by atoms with Crippen molar-refractivity contribution < 1.29 is 18.7 Å². The molecule has 1 aliphatic rings. The van der Waals surface area contributed by atoms with Gasteiger partial charge < -0.3 is 19.2 Å². The summed E-state index contributed by atoms with van der Waals surface area (Å²) >= 11 is 0. The van der Waals surface area contributed by atoms with Crippen LogP contribution in [0.5, 0.6) is 5.88 Å². The number of nitrogens with one attached hydrogen (secondary N) is 1. The van der Waals surface area contributed by atoms with Gasteiger partial charge in [-0.15, -0.1) is 0 Å². The number of carbonyl (C=O) groups is 1. The van der Waals surface area contributed by atoms with Gasteiger partial charge in [0.15, 0.2) is 0 Å². The van der Waals surface area contributed by atoms with Gasteiger partial charge in [0.25, 0.3) is 0 Å². The molecule has 25 heavy (non-hydrogen) atoms. The largest absolute Gasteiger partial charge is 0.476 e. The highest BCUT2D eigenvalue weighted by atomic mass is 16.5. The Morgan fingerprint density at radius 3 is 2.92 bits per heavy atom. The molecule has 1 N–H and O–H groups in total. The third-order valence-electron chi connectivity index (χ3n) is 3.71. The van der Waals surface area contributed by atoms with Crippen LogP contribution in [-0.4, -0.2) is 55.2 Å². The second kappa shape index (κ2) is 9.00. The Balaban J connectivity index is 1.41. The molecule has 0 radical (unpaired) electrons. The van der Waals surface area contributed by atoms with Crippen LogP contribution in [0.2, 0.25) is 0 Å². The lowest BCUT2D eigenvalue weighted by Crippen LogP contribution is -2.38. The van der Waals surface area contributed by atoms with E-state index in [1.54, 1.807) is 42.8 Å². The first-order chi connectivity index (χ1) is 12.3. The standard InChI is InChI=1S/C18H21N3O4/c22-17(5-4-16-2-1-10-24-16)20-15-3-6-18(19-14-15)25-13-9-21-7-11-23-12-8-21/h1-6,10,14H,7-9,11-13H2,(H,20,22)/b5-4+. The molecule has 1 aliphatic heterocycles. The number of aromatic nitrogens is 1. The maximum atomic E-state index is 11.8. The zero-order chi connectivity index (χ0) is 17.3. The van der Waals surface area contributed by atoms with Gasteiger partial charge in [-0.05, 0) is 24.3 Å². The molecular formula is C18H21N3O4. The molecule has 2 aromatic heterocycles. The Labute approximate surface area is 146 Å². The lowest BCUT2D eigenvalue weighted by Gasteiger charge is -2.26. The lowest BCUT2D eigenvalue weighted by atomic mass is 10.3. The molecular weight excluding hydrogens is 322 g/mol. The maximum absolute atomic E-state index is 11.8. The van der Waals surface area contributed by atoms with Crippen molar-refractivity contribution in [1.82, 2.24) is 9.88 Å². The fourth-order valence-corrected chi connectivity index (χ4v) is 2.37. The van der Waals surface area contributed by atoms with Crippen molar-refractivity contribution in [3.8, 4) is 5.88 Å². The third kappa shape index (κ3) is 5.74. The Morgan fingerprint density at radius 1 is 1.32 bits per heavy atom. The van der Waals surface area contributed by atoms with Crippen molar-refractivity contribution in [1.29, 1.82) is 0 Å². The average Bonchev–Trinajstić information content (AvgIpc) is 3.16. The summed E-state index contributed by atoms with van der Waals surface area (Å²) in [6, 6.07) is 7.04. The molecule has 3 heterocycles. The Bertz CT molecular complexity index is 677. The van der Waals surface area contributed by atoms with Crippen LogP contribution in [0.25, 0.3) is 6.08 Å². The van der Waals surface area contributed by atoms with Gasteiger partial charge in [-0.1, -0.05) is 0 Å². The van der Waals surface area contributed by atoms with Gasteiger partial charge >= 0.3 is 0 Å². The van der Waals surface area contributed by atoms with E-state index in [1.165, 1.54) is 6.08 Å². The van der Waals surface area contributed by atoms with E-state index in [1.807, 2.05) is 0 Å². The summed E-state index contributed by atoms with van der Waals surface area (Å²) in [5.74, 6) is 0.911. The van der Waals surface area contributed by atoms with E-state index in [0.29, 0.717) is 23.9 Å². The van der Waals surface area contributed by atoms with Crippen molar-refractivity contribution in [2.75, 3.05) is 44.8 Å². The number of hydrogen-bond donors (Lipinski definition) is 1. The van der Waals surface area contributed by atoms with E-state index in [9.17, 15) is 4.79 Å². The van der Waals surface area contributed by atoms with E-state index in [-0.39, 0.29) is 5.91 Å². The monoisotopic (exact) mass is 343 g/mol. The molecule has 0 unspecified atom stereocenters. The molecule has 0 saturated carbocycles. The minimum atomic E-state index is -0.251. The summed E-state index contributed by atoms with van der Waals surface area (Å²) in [6.07, 6.45) is 6.14. The summed E-state index contributed by atoms with van der Waals surface area (Å²) in [7, 11) is 0. The molecule has 1 saturated heterocycles. The number of amides is 1. The van der Waals surface area contributed by atoms with Gasteiger partial charge in [0.05, 0.1) is 31.4 Å². The number of morpholine rings is 1. The number of rotatable bonds is 7. The summed E-state index contributed by atoms with van der Waals surface area (Å²) in [5.41, 5.74) is 0.606. The number of furan rings is 1. The highest BCUT2D eigenvalue weighted by Gasteiger charge is 2.09. The highest BCUT2D eigenvalue weighted by molar-refractivity contribution is 6.01. The van der Waals surface area contributed by atoms with E-state index < -0.39 is 0 Å². The maximum Gasteiger partial charge on any atom is 0.248 e. The first-order valence-corrected chi connectivity index (χ1v) is 8.21. The first-order valence-electron chi connectivity index (χ1n) is 8.21. The van der Waals surface area contributed by atoms with Crippen molar-refractivity contribution in [3.05, 3.63) is 48.6 Å². The molecule has 7 nitrogen and oxygen atoms in total. The molecule has 0 aromatic carbocycles. The van der Waals surface area contributed by atoms with E-state index in [2.05, 4.69) is 15.2 Å². The van der Waals surface area contributed by atoms with E-state index in [4.69, 9.17) is 13.9 Å². The van der Waals surface area contributed by atoms with Crippen LogP contribution in [0.4, 0.5) is 5.69 Å². The minimum absolute atomic E-state index is 0.251. The van der Waals surface area contributed by atoms with Crippen molar-refractivity contribution in [2.45, 2.75) is 0 Å². The molecule has 7 heteroatoms. The predicted octanol–water partition coefficient (Wildman–Crippen LogP) is 2.04. The summed E-state index contributed by atoms with van der Waals surface area (Å²) in [6.45, 7) is 4.86. The fourth-order valence-electron chi connectivity index (χ4n) is 2.37. The quantitative estimate of drug-likeness (QED) is 0.775. The Kier molecular flexibility index (Phi) is 6.19. The fraction of sp³-hybridized carbons (Fsp3) is 0.333. The Morgan fingerprint density at radius 2 is 2.20 bits per heavy atom. The van der Waals surface area contributed by atoms with Crippen LogP contribution in [0.15, 0.2) is 47.2 Å². The van der Waals surface area contributed by atoms with Crippen LogP contribution in [0.1, 0.15) is 5.76 Å². The van der Waals surface area contributed by atoms with Gasteiger partial charge in [-0.3, -0.25) is 9.69 Å². The minimum Gasteiger partial charge on any atom is -0.476 e. The van der Waals surface area contributed by atoms with Crippen molar-refractivity contribution in [2.24, 2.45) is 0 Å². The van der Waals surface area contributed by atoms with Crippen molar-refractivity contribution >= 4 is 17.7 Å². The van der Waals surface area contributed by atoms with Crippen LogP contribution in [0.3, 0.4) is 0 Å². The van der Waals surface area contributed by atoms with Crippen LogP contribution in [-0.2, 0) is 9.53 Å². The molecule has 0 atom stereocenters. The molecule has 1 amide bonds. The molecule has 0 aliphatic carbocycles. The second-order valence-electron chi connectivity index (χ2n) is 5.53. The summed E-state index contributed by atoms with van der Waals surface area (Å²) in [4.78, 5) is 18.3. The van der Waals surface area contributed by atoms with Crippen LogP contribution in [0, 0.1) is 0 Å². The van der Waals surface area contributed by atoms with E-state index >= 15 is 0 Å². The lowest BCUT2D eigenvalue weighted by molar-refractivity contribution is -0.111. The third-order valence-corrected chi connectivity index (χ3v) is 3.71. The molecule has 2 aromatic rings. The van der Waals surface area contributed by atoms with Gasteiger partial charge in [0.1, 0.15) is 12.4 Å². The summed E-state index contributed by atoms with van der Waals surface area (Å²) in [5, 5.41) is 2.73. The van der Waals surface area contributed by atoms with Gasteiger partial charge in [0, 0.05) is 31.8 Å². The smallest absolute Gasteiger partial charge is 0.248 e. The first kappa shape index (κ1) is 17.2. The van der Waals surface area contributed by atoms with Gasteiger partial charge in [0.2, 0.25) is 11.8 Å². The molecule has 3 rings (SSSR count). The van der Waals surface area contributed by atoms with Crippen molar-refractivity contribution in [3.63, 3.8) is 0 Å². The zero-order valence-corrected chi connectivity index (χ0v) is 13.9. The number of carbonyl (C=O) groups excluding carboxylic acids is 1. The molecule has 0 bridgehead atoms. The van der Waals surface area contributed by atoms with Crippen LogP contribution < -0.4 is 10.1 Å². The number of hydrogen-bond acceptors (Lipinski definition) is 6. The molecule has 132 valence electrons. The summed E-state index contributed by atoms with van der Waals surface area (Å²) < 4.78 is 16.1. The van der Waals surface area contributed by atoms with E-state index in [0.717, 1.165) is 32.8 Å². The topological polar surface area (TPSA) is 76.8 Å². The second-order valence-corrected chi connectivity index (χ2v) is 5.53. The SMILES string of the molecule is O=C(/C=C/c1ccco1)Nc1ccc(OCCN2CCOCC2)nc1. The number of ether oxygens (including phenoxy) is 2. The average molecular weight is 343 g/mol. The van der Waals surface area contributed by atoms with Gasteiger partial charge in [-0.2, -0.15) is 0 Å². The number of nitrogens with zero attached hydrogens (tertiary/aromatic N) is 2. The normalized spacial score (nSPS) is 15.4. The zero-order valence-electron chi connectivity index (χ0n) is 13.9. The number of anilines is 1. The Hall–Kier alpha value is -2.64. The number of pyridine rings is 1. The predicted molar refractivity (Wildman–Crippen MR) is 93.4 cm³/mol. The van der Waals surface area contributed by atoms with Gasteiger partial charge in [-0.25, -0.2) is 4.98 Å². The molecule has 0 spiro atoms. The van der Waals surface area contributed by atoms with Crippen LogP contribution >= 0.6 is 0 Å². The molecule has 1 fully saturated rings.